The zero-order chi connectivity index (χ0) is 23.6. The Hall–Kier alpha value is -4.13. The highest BCUT2D eigenvalue weighted by Gasteiger charge is 2.09. The van der Waals surface area contributed by atoms with E-state index < -0.39 is 5.97 Å². The summed E-state index contributed by atoms with van der Waals surface area (Å²) in [6.45, 7) is 1.65. The summed E-state index contributed by atoms with van der Waals surface area (Å²) in [5, 5.41) is 5.72. The van der Waals surface area contributed by atoms with Crippen LogP contribution in [0.4, 0.5) is 5.69 Å². The third-order valence-electron chi connectivity index (χ3n) is 4.81. The van der Waals surface area contributed by atoms with Crippen LogP contribution in [-0.2, 0) is 22.6 Å². The number of nitrogens with one attached hydrogen (secondary N) is 2. The van der Waals surface area contributed by atoms with E-state index in [-0.39, 0.29) is 11.8 Å². The van der Waals surface area contributed by atoms with Gasteiger partial charge in [0.2, 0.25) is 5.91 Å². The number of hydrogen-bond acceptors (Lipinski definition) is 5. The number of esters is 1. The molecule has 33 heavy (non-hydrogen) atoms. The zero-order valence-electron chi connectivity index (χ0n) is 18.6. The molecule has 3 rings (SSSR count). The van der Waals surface area contributed by atoms with Gasteiger partial charge in [0.25, 0.3) is 5.91 Å². The van der Waals surface area contributed by atoms with Gasteiger partial charge in [-0.15, -0.1) is 0 Å². The molecule has 0 saturated carbocycles. The topological polar surface area (TPSA) is 93.7 Å². The SMILES string of the molecule is COc1cccc(CCC(=O)NCc2cccc(NC(=O)c3cccc(OC(C)=O)c3)c2)c1. The summed E-state index contributed by atoms with van der Waals surface area (Å²) in [6.07, 6.45) is 0.980. The predicted molar refractivity (Wildman–Crippen MR) is 125 cm³/mol. The van der Waals surface area contributed by atoms with E-state index in [0.717, 1.165) is 16.9 Å². The summed E-state index contributed by atoms with van der Waals surface area (Å²) in [4.78, 5) is 35.9. The molecule has 0 atom stereocenters. The van der Waals surface area contributed by atoms with Crippen LogP contribution < -0.4 is 20.1 Å². The van der Waals surface area contributed by atoms with Gasteiger partial charge in [-0.1, -0.05) is 30.3 Å². The summed E-state index contributed by atoms with van der Waals surface area (Å²) in [7, 11) is 1.61. The van der Waals surface area contributed by atoms with E-state index in [1.807, 2.05) is 36.4 Å². The van der Waals surface area contributed by atoms with Gasteiger partial charge in [-0.05, 0) is 60.0 Å². The van der Waals surface area contributed by atoms with Crippen molar-refractivity contribution in [3.8, 4) is 11.5 Å². The molecule has 3 aromatic rings. The first-order chi connectivity index (χ1) is 15.9. The Morgan fingerprint density at radius 2 is 1.58 bits per heavy atom. The van der Waals surface area contributed by atoms with E-state index in [0.29, 0.717) is 36.4 Å². The van der Waals surface area contributed by atoms with E-state index in [9.17, 15) is 14.4 Å². The summed E-state index contributed by atoms with van der Waals surface area (Å²) < 4.78 is 10.2. The first kappa shape index (κ1) is 23.5. The third-order valence-corrected chi connectivity index (χ3v) is 4.81. The van der Waals surface area contributed by atoms with Gasteiger partial charge in [0.1, 0.15) is 11.5 Å². The van der Waals surface area contributed by atoms with Gasteiger partial charge >= 0.3 is 5.97 Å². The third kappa shape index (κ3) is 7.50. The summed E-state index contributed by atoms with van der Waals surface area (Å²) in [5.41, 5.74) is 2.86. The summed E-state index contributed by atoms with van der Waals surface area (Å²) in [6, 6.07) is 21.3. The molecule has 0 saturated heterocycles. The first-order valence-electron chi connectivity index (χ1n) is 10.5. The number of benzene rings is 3. The number of carbonyl (C=O) groups is 3. The standard InChI is InChI=1S/C26H26N2O5/c1-18(29)33-24-11-5-8-21(16-24)26(31)28-22-9-3-7-20(14-22)17-27-25(30)13-12-19-6-4-10-23(15-19)32-2/h3-11,14-16H,12-13,17H2,1-2H3,(H,27,30)(H,28,31). The lowest BCUT2D eigenvalue weighted by Crippen LogP contribution is -2.23. The van der Waals surface area contributed by atoms with Gasteiger partial charge in [0.05, 0.1) is 7.11 Å². The van der Waals surface area contributed by atoms with E-state index in [1.165, 1.54) is 13.0 Å². The molecule has 7 nitrogen and oxygen atoms in total. The van der Waals surface area contributed by atoms with Gasteiger partial charge in [-0.25, -0.2) is 0 Å². The fourth-order valence-corrected chi connectivity index (χ4v) is 3.20. The van der Waals surface area contributed by atoms with Crippen LogP contribution in [0.5, 0.6) is 11.5 Å². The van der Waals surface area contributed by atoms with E-state index in [2.05, 4.69) is 10.6 Å². The number of anilines is 1. The van der Waals surface area contributed by atoms with Crippen LogP contribution in [-0.4, -0.2) is 24.9 Å². The number of aryl methyl sites for hydroxylation is 1. The number of ether oxygens (including phenoxy) is 2. The van der Waals surface area contributed by atoms with Crippen molar-refractivity contribution >= 4 is 23.5 Å². The second kappa shape index (κ2) is 11.5. The molecular formula is C26H26N2O5. The highest BCUT2D eigenvalue weighted by molar-refractivity contribution is 6.04. The molecule has 0 aromatic heterocycles. The van der Waals surface area contributed by atoms with Crippen LogP contribution in [0.2, 0.25) is 0 Å². The second-order valence-corrected chi connectivity index (χ2v) is 7.40. The van der Waals surface area contributed by atoms with Crippen LogP contribution >= 0.6 is 0 Å². The fraction of sp³-hybridized carbons (Fsp3) is 0.192. The predicted octanol–water partition coefficient (Wildman–Crippen LogP) is 4.12. The number of carbonyl (C=O) groups excluding carboxylic acids is 3. The van der Waals surface area contributed by atoms with Gasteiger partial charge in [0.15, 0.2) is 0 Å². The van der Waals surface area contributed by atoms with Crippen molar-refractivity contribution in [1.29, 1.82) is 0 Å². The Morgan fingerprint density at radius 3 is 2.36 bits per heavy atom. The van der Waals surface area contributed by atoms with Crippen LogP contribution in [0.25, 0.3) is 0 Å². The fourth-order valence-electron chi connectivity index (χ4n) is 3.20. The molecule has 170 valence electrons. The van der Waals surface area contributed by atoms with Gasteiger partial charge in [-0.3, -0.25) is 14.4 Å². The first-order valence-corrected chi connectivity index (χ1v) is 10.5. The van der Waals surface area contributed by atoms with Crippen molar-refractivity contribution in [2.75, 3.05) is 12.4 Å². The molecule has 3 aromatic carbocycles. The molecule has 0 aliphatic heterocycles. The van der Waals surface area contributed by atoms with Crippen LogP contribution in [0.15, 0.2) is 72.8 Å². The average Bonchev–Trinajstić information content (AvgIpc) is 2.81. The Kier molecular flexibility index (Phi) is 8.18. The lowest BCUT2D eigenvalue weighted by Gasteiger charge is -2.10. The summed E-state index contributed by atoms with van der Waals surface area (Å²) in [5.74, 6) is 0.231. The molecule has 0 heterocycles. The highest BCUT2D eigenvalue weighted by atomic mass is 16.5. The maximum Gasteiger partial charge on any atom is 0.308 e. The minimum absolute atomic E-state index is 0.0606. The molecule has 0 fully saturated rings. The maximum absolute atomic E-state index is 12.6. The molecule has 0 aliphatic rings. The van der Waals surface area contributed by atoms with Crippen LogP contribution in [0, 0.1) is 0 Å². The van der Waals surface area contributed by atoms with Crippen molar-refractivity contribution in [2.24, 2.45) is 0 Å². The average molecular weight is 447 g/mol. The van der Waals surface area contributed by atoms with E-state index in [4.69, 9.17) is 9.47 Å². The molecule has 2 amide bonds. The quantitative estimate of drug-likeness (QED) is 0.381. The molecule has 0 unspecified atom stereocenters. The largest absolute Gasteiger partial charge is 0.497 e. The molecule has 0 spiro atoms. The molecule has 0 radical (unpaired) electrons. The molecule has 0 aliphatic carbocycles. The lowest BCUT2D eigenvalue weighted by atomic mass is 10.1. The number of rotatable bonds is 9. The zero-order valence-corrected chi connectivity index (χ0v) is 18.6. The minimum atomic E-state index is -0.453. The van der Waals surface area contributed by atoms with E-state index >= 15 is 0 Å². The van der Waals surface area contributed by atoms with Crippen molar-refractivity contribution < 1.29 is 23.9 Å². The Bertz CT molecular complexity index is 1140. The van der Waals surface area contributed by atoms with E-state index in [1.54, 1.807) is 37.4 Å². The monoisotopic (exact) mass is 446 g/mol. The van der Waals surface area contributed by atoms with Crippen molar-refractivity contribution in [2.45, 2.75) is 26.3 Å². The Balaban J connectivity index is 1.52. The normalized spacial score (nSPS) is 10.2. The molecule has 0 bridgehead atoms. The smallest absolute Gasteiger partial charge is 0.308 e. The Morgan fingerprint density at radius 1 is 0.848 bits per heavy atom. The maximum atomic E-state index is 12.6. The Labute approximate surface area is 192 Å². The summed E-state index contributed by atoms with van der Waals surface area (Å²) >= 11 is 0. The van der Waals surface area contributed by atoms with Crippen molar-refractivity contribution in [3.05, 3.63) is 89.5 Å². The van der Waals surface area contributed by atoms with Gasteiger partial charge in [0, 0.05) is 31.1 Å². The van der Waals surface area contributed by atoms with Gasteiger partial charge < -0.3 is 20.1 Å². The number of amides is 2. The van der Waals surface area contributed by atoms with Crippen LogP contribution in [0.1, 0.15) is 34.8 Å². The molecular weight excluding hydrogens is 420 g/mol. The highest BCUT2D eigenvalue weighted by Crippen LogP contribution is 2.17. The second-order valence-electron chi connectivity index (χ2n) is 7.40. The number of hydrogen-bond donors (Lipinski definition) is 2. The lowest BCUT2D eigenvalue weighted by molar-refractivity contribution is -0.131. The molecule has 7 heteroatoms. The number of methoxy groups -OCH3 is 1. The van der Waals surface area contributed by atoms with Crippen molar-refractivity contribution in [3.63, 3.8) is 0 Å². The molecule has 2 N–H and O–H groups in total. The van der Waals surface area contributed by atoms with Crippen molar-refractivity contribution in [1.82, 2.24) is 5.32 Å². The van der Waals surface area contributed by atoms with Crippen LogP contribution in [0.3, 0.4) is 0 Å². The van der Waals surface area contributed by atoms with Gasteiger partial charge in [-0.2, -0.15) is 0 Å². The minimum Gasteiger partial charge on any atom is -0.497 e.